The summed E-state index contributed by atoms with van der Waals surface area (Å²) in [6.07, 6.45) is 12.1. The van der Waals surface area contributed by atoms with Crippen molar-refractivity contribution in [1.29, 1.82) is 0 Å². The van der Waals surface area contributed by atoms with Gasteiger partial charge in [-0.25, -0.2) is 0 Å². The average molecular weight is 438 g/mol. The van der Waals surface area contributed by atoms with Crippen LogP contribution >= 0.6 is 11.8 Å². The van der Waals surface area contributed by atoms with Gasteiger partial charge in [-0.2, -0.15) is 11.8 Å². The SMILES string of the molecule is CC(C)=CCC/C(C)=C/CC/C(=C/CSCC(C)NC(=O)CC(C)C=O)NNC=O. The van der Waals surface area contributed by atoms with Gasteiger partial charge in [0.05, 0.1) is 0 Å². The van der Waals surface area contributed by atoms with Crippen molar-refractivity contribution in [1.82, 2.24) is 16.2 Å². The molecule has 6 nitrogen and oxygen atoms in total. The Morgan fingerprint density at radius 2 is 1.70 bits per heavy atom. The van der Waals surface area contributed by atoms with E-state index in [0.717, 1.165) is 49.2 Å². The molecule has 2 unspecified atom stereocenters. The Labute approximate surface area is 186 Å². The van der Waals surface area contributed by atoms with Crippen LogP contribution in [0.2, 0.25) is 0 Å². The van der Waals surface area contributed by atoms with Gasteiger partial charge in [0.15, 0.2) is 0 Å². The molecule has 0 saturated heterocycles. The van der Waals surface area contributed by atoms with Crippen LogP contribution in [0, 0.1) is 5.92 Å². The van der Waals surface area contributed by atoms with E-state index in [1.54, 1.807) is 18.7 Å². The predicted octanol–water partition coefficient (Wildman–Crippen LogP) is 4.06. The number of amides is 2. The average Bonchev–Trinajstić information content (AvgIpc) is 2.68. The first kappa shape index (κ1) is 28.0. The van der Waals surface area contributed by atoms with Crippen molar-refractivity contribution in [3.63, 3.8) is 0 Å². The number of nitrogens with one attached hydrogen (secondary N) is 3. The van der Waals surface area contributed by atoms with E-state index in [0.29, 0.717) is 6.41 Å². The summed E-state index contributed by atoms with van der Waals surface area (Å²) in [6.45, 7) is 10.1. The largest absolute Gasteiger partial charge is 0.353 e. The molecular formula is C23H39N3O3S. The van der Waals surface area contributed by atoms with E-state index in [2.05, 4.69) is 55.2 Å². The van der Waals surface area contributed by atoms with E-state index in [1.807, 2.05) is 6.92 Å². The number of aldehydes is 1. The number of hydrogen-bond acceptors (Lipinski definition) is 5. The molecule has 2 atom stereocenters. The molecule has 0 aliphatic carbocycles. The van der Waals surface area contributed by atoms with Gasteiger partial charge in [0, 0.05) is 35.6 Å². The molecule has 0 heterocycles. The van der Waals surface area contributed by atoms with Crippen molar-refractivity contribution >= 4 is 30.4 Å². The van der Waals surface area contributed by atoms with Crippen molar-refractivity contribution in [3.05, 3.63) is 35.1 Å². The summed E-state index contributed by atoms with van der Waals surface area (Å²) in [5, 5.41) is 2.91. The highest BCUT2D eigenvalue weighted by Gasteiger charge is 2.10. The van der Waals surface area contributed by atoms with E-state index in [4.69, 9.17) is 0 Å². The van der Waals surface area contributed by atoms with Crippen LogP contribution in [0.3, 0.4) is 0 Å². The summed E-state index contributed by atoms with van der Waals surface area (Å²) in [4.78, 5) is 33.0. The zero-order chi connectivity index (χ0) is 22.8. The Morgan fingerprint density at radius 3 is 2.33 bits per heavy atom. The summed E-state index contributed by atoms with van der Waals surface area (Å²) >= 11 is 1.70. The Hall–Kier alpha value is -2.02. The third-order valence-electron chi connectivity index (χ3n) is 4.25. The normalized spacial score (nSPS) is 13.8. The monoisotopic (exact) mass is 437 g/mol. The van der Waals surface area contributed by atoms with Crippen molar-refractivity contribution in [3.8, 4) is 0 Å². The van der Waals surface area contributed by atoms with Crippen molar-refractivity contribution in [2.75, 3.05) is 11.5 Å². The van der Waals surface area contributed by atoms with Crippen LogP contribution in [0.5, 0.6) is 0 Å². The molecule has 2 amide bonds. The topological polar surface area (TPSA) is 87.3 Å². The van der Waals surface area contributed by atoms with Crippen LogP contribution in [-0.2, 0) is 14.4 Å². The number of carbonyl (C=O) groups is 3. The molecule has 0 aromatic carbocycles. The van der Waals surface area contributed by atoms with Crippen molar-refractivity contribution in [2.24, 2.45) is 5.92 Å². The minimum atomic E-state index is -0.253. The highest BCUT2D eigenvalue weighted by molar-refractivity contribution is 7.99. The van der Waals surface area contributed by atoms with Crippen molar-refractivity contribution < 1.29 is 14.4 Å². The van der Waals surface area contributed by atoms with E-state index in [-0.39, 0.29) is 24.3 Å². The fourth-order valence-corrected chi connectivity index (χ4v) is 3.51. The summed E-state index contributed by atoms with van der Waals surface area (Å²) < 4.78 is 0. The van der Waals surface area contributed by atoms with Gasteiger partial charge < -0.3 is 15.5 Å². The molecule has 0 saturated carbocycles. The second kappa shape index (κ2) is 17.8. The highest BCUT2D eigenvalue weighted by atomic mass is 32.2. The van der Waals surface area contributed by atoms with E-state index >= 15 is 0 Å². The van der Waals surface area contributed by atoms with Gasteiger partial charge in [0.2, 0.25) is 12.3 Å². The predicted molar refractivity (Wildman–Crippen MR) is 127 cm³/mol. The Balaban J connectivity index is 4.36. The number of allylic oxidation sites excluding steroid dienone is 5. The van der Waals surface area contributed by atoms with Gasteiger partial charge in [0.25, 0.3) is 0 Å². The molecule has 0 aromatic rings. The number of carbonyl (C=O) groups excluding carboxylic acids is 3. The van der Waals surface area contributed by atoms with Crippen molar-refractivity contribution in [2.45, 2.75) is 72.8 Å². The molecule has 0 rings (SSSR count). The van der Waals surface area contributed by atoms with Crippen LogP contribution in [0.1, 0.15) is 66.7 Å². The van der Waals surface area contributed by atoms with Crippen LogP contribution in [0.25, 0.3) is 0 Å². The first-order chi connectivity index (χ1) is 14.3. The van der Waals surface area contributed by atoms with E-state index in [9.17, 15) is 14.4 Å². The summed E-state index contributed by atoms with van der Waals surface area (Å²) in [5.74, 6) is 1.20. The summed E-state index contributed by atoms with van der Waals surface area (Å²) in [7, 11) is 0. The first-order valence-electron chi connectivity index (χ1n) is 10.5. The van der Waals surface area contributed by atoms with Crippen LogP contribution < -0.4 is 16.2 Å². The molecule has 0 aromatic heterocycles. The third-order valence-corrected chi connectivity index (χ3v) is 5.39. The quantitative estimate of drug-likeness (QED) is 0.138. The minimum absolute atomic E-state index is 0.0330. The standard InChI is InChI=1S/C23H39N3O3S/c1-18(2)8-6-9-19(3)10-7-11-22(26-24-17-28)12-13-30-16-21(5)25-23(29)14-20(4)15-27/h8,10,12,15,17,20-21,26H,6-7,9,11,13-14,16H2,1-5H3,(H,24,28)(H,25,29)/b19-10+,22-12-. The van der Waals surface area contributed by atoms with Crippen LogP contribution in [-0.4, -0.2) is 36.2 Å². The molecule has 0 fully saturated rings. The fourth-order valence-electron chi connectivity index (χ4n) is 2.62. The van der Waals surface area contributed by atoms with Gasteiger partial charge in [-0.05, 0) is 53.4 Å². The smallest absolute Gasteiger partial charge is 0.225 e. The molecule has 0 aliphatic heterocycles. The van der Waals surface area contributed by atoms with Gasteiger partial charge in [-0.1, -0.05) is 36.3 Å². The maximum Gasteiger partial charge on any atom is 0.225 e. The Morgan fingerprint density at radius 1 is 1.00 bits per heavy atom. The zero-order valence-electron chi connectivity index (χ0n) is 19.1. The Bertz CT molecular complexity index is 611. The summed E-state index contributed by atoms with van der Waals surface area (Å²) in [5.41, 5.74) is 9.14. The summed E-state index contributed by atoms with van der Waals surface area (Å²) in [6, 6.07) is 0.0330. The lowest BCUT2D eigenvalue weighted by Gasteiger charge is -2.14. The molecule has 3 N–H and O–H groups in total. The second-order valence-corrected chi connectivity index (χ2v) is 8.92. The van der Waals surface area contributed by atoms with Gasteiger partial charge in [-0.15, -0.1) is 0 Å². The molecule has 7 heteroatoms. The Kier molecular flexibility index (Phi) is 16.6. The lowest BCUT2D eigenvalue weighted by Crippen LogP contribution is -2.35. The maximum absolute atomic E-state index is 11.8. The van der Waals surface area contributed by atoms with Gasteiger partial charge >= 0.3 is 0 Å². The molecular weight excluding hydrogens is 398 g/mol. The molecule has 170 valence electrons. The van der Waals surface area contributed by atoms with Gasteiger partial charge in [-0.3, -0.25) is 15.0 Å². The van der Waals surface area contributed by atoms with Gasteiger partial charge in [0.1, 0.15) is 6.29 Å². The number of hydrogen-bond donors (Lipinski definition) is 3. The minimum Gasteiger partial charge on any atom is -0.353 e. The highest BCUT2D eigenvalue weighted by Crippen LogP contribution is 2.12. The second-order valence-electron chi connectivity index (χ2n) is 7.85. The maximum atomic E-state index is 11.8. The number of thioether (sulfide) groups is 1. The molecule has 0 bridgehead atoms. The lowest BCUT2D eigenvalue weighted by molar-refractivity contribution is -0.124. The van der Waals surface area contributed by atoms with E-state index < -0.39 is 0 Å². The fraction of sp³-hybridized carbons (Fsp3) is 0.609. The number of hydrazine groups is 1. The third kappa shape index (κ3) is 16.9. The molecule has 0 spiro atoms. The zero-order valence-corrected chi connectivity index (χ0v) is 19.9. The molecule has 0 radical (unpaired) electrons. The van der Waals surface area contributed by atoms with E-state index in [1.165, 1.54) is 11.1 Å². The van der Waals surface area contributed by atoms with Crippen LogP contribution in [0.4, 0.5) is 0 Å². The number of rotatable bonds is 17. The molecule has 30 heavy (non-hydrogen) atoms. The first-order valence-corrected chi connectivity index (χ1v) is 11.7. The molecule has 0 aliphatic rings. The lowest BCUT2D eigenvalue weighted by atomic mass is 10.1. The van der Waals surface area contributed by atoms with Crippen LogP contribution in [0.15, 0.2) is 35.1 Å².